The van der Waals surface area contributed by atoms with Crippen LogP contribution in [0.25, 0.3) is 11.5 Å². The summed E-state index contributed by atoms with van der Waals surface area (Å²) >= 11 is 0. The Hall–Kier alpha value is -3.18. The molecule has 11 heteroatoms. The standard InChI is InChI=1S/C20H20FN5O4S/c1-12-3-4-13(10-23-12)18-24-25-19(30-18)14-7-8-26(11-14)20(27)16-9-15(5-6-17(16)21)31(28,29)22-2/h3-6,9-10,14,22H,7-8,11H2,1-2H3. The van der Waals surface area contributed by atoms with E-state index < -0.39 is 21.7 Å². The van der Waals surface area contributed by atoms with Gasteiger partial charge in [0.15, 0.2) is 0 Å². The predicted octanol–water partition coefficient (Wildman–Crippen LogP) is 2.12. The number of amides is 1. The Balaban J connectivity index is 1.51. The van der Waals surface area contributed by atoms with E-state index in [1.165, 1.54) is 11.9 Å². The molecule has 0 radical (unpaired) electrons. The Morgan fingerprint density at radius 2 is 2.06 bits per heavy atom. The van der Waals surface area contributed by atoms with Gasteiger partial charge in [0.1, 0.15) is 5.82 Å². The molecule has 4 rings (SSSR count). The highest BCUT2D eigenvalue weighted by atomic mass is 32.2. The van der Waals surface area contributed by atoms with Crippen molar-refractivity contribution in [3.63, 3.8) is 0 Å². The molecule has 1 aliphatic heterocycles. The number of carbonyl (C=O) groups excluding carboxylic acids is 1. The molecular weight excluding hydrogens is 425 g/mol. The smallest absolute Gasteiger partial charge is 0.256 e. The molecule has 0 bridgehead atoms. The molecule has 1 saturated heterocycles. The first-order chi connectivity index (χ1) is 14.8. The fraction of sp³-hybridized carbons (Fsp3) is 0.300. The van der Waals surface area contributed by atoms with Crippen molar-refractivity contribution in [2.24, 2.45) is 0 Å². The molecule has 0 spiro atoms. The number of hydrogen-bond acceptors (Lipinski definition) is 7. The summed E-state index contributed by atoms with van der Waals surface area (Å²) in [5.41, 5.74) is 1.26. The molecule has 0 saturated carbocycles. The highest BCUT2D eigenvalue weighted by Gasteiger charge is 2.33. The lowest BCUT2D eigenvalue weighted by Crippen LogP contribution is -2.29. The molecule has 1 N–H and O–H groups in total. The molecular formula is C20H20FN5O4S. The highest BCUT2D eigenvalue weighted by molar-refractivity contribution is 7.89. The monoisotopic (exact) mass is 445 g/mol. The average Bonchev–Trinajstić information content (AvgIpc) is 3.44. The van der Waals surface area contributed by atoms with Gasteiger partial charge in [-0.05, 0) is 50.7 Å². The zero-order valence-corrected chi connectivity index (χ0v) is 17.7. The van der Waals surface area contributed by atoms with E-state index >= 15 is 0 Å². The van der Waals surface area contributed by atoms with E-state index in [1.54, 1.807) is 6.20 Å². The molecule has 2 aromatic heterocycles. The fourth-order valence-electron chi connectivity index (χ4n) is 3.38. The maximum absolute atomic E-state index is 14.3. The van der Waals surface area contributed by atoms with Crippen LogP contribution in [0.15, 0.2) is 45.8 Å². The summed E-state index contributed by atoms with van der Waals surface area (Å²) in [5.74, 6) is -0.844. The van der Waals surface area contributed by atoms with E-state index in [4.69, 9.17) is 4.42 Å². The molecule has 1 amide bonds. The minimum Gasteiger partial charge on any atom is -0.420 e. The molecule has 1 aliphatic rings. The quantitative estimate of drug-likeness (QED) is 0.639. The van der Waals surface area contributed by atoms with Gasteiger partial charge in [0.2, 0.25) is 21.8 Å². The van der Waals surface area contributed by atoms with E-state index in [0.29, 0.717) is 30.3 Å². The van der Waals surface area contributed by atoms with Crippen LogP contribution in [-0.2, 0) is 10.0 Å². The van der Waals surface area contributed by atoms with Crippen molar-refractivity contribution in [3.05, 3.63) is 59.5 Å². The first kappa shape index (κ1) is 21.1. The van der Waals surface area contributed by atoms with Gasteiger partial charge in [-0.25, -0.2) is 17.5 Å². The van der Waals surface area contributed by atoms with E-state index in [0.717, 1.165) is 23.9 Å². The molecule has 31 heavy (non-hydrogen) atoms. The van der Waals surface area contributed by atoms with Crippen LogP contribution < -0.4 is 4.72 Å². The molecule has 0 aliphatic carbocycles. The number of pyridine rings is 1. The zero-order chi connectivity index (χ0) is 22.2. The molecule has 1 aromatic carbocycles. The fourth-order valence-corrected chi connectivity index (χ4v) is 4.14. The highest BCUT2D eigenvalue weighted by Crippen LogP contribution is 2.30. The number of sulfonamides is 1. The molecule has 1 unspecified atom stereocenters. The normalized spacial score (nSPS) is 16.6. The lowest BCUT2D eigenvalue weighted by atomic mass is 10.1. The van der Waals surface area contributed by atoms with Crippen molar-refractivity contribution in [3.8, 4) is 11.5 Å². The van der Waals surface area contributed by atoms with Crippen LogP contribution in [0.3, 0.4) is 0 Å². The van der Waals surface area contributed by atoms with Gasteiger partial charge >= 0.3 is 0 Å². The lowest BCUT2D eigenvalue weighted by Gasteiger charge is -2.17. The van der Waals surface area contributed by atoms with E-state index in [1.807, 2.05) is 19.1 Å². The Kier molecular flexibility index (Phi) is 5.54. The third-order valence-electron chi connectivity index (χ3n) is 5.17. The SMILES string of the molecule is CNS(=O)(=O)c1ccc(F)c(C(=O)N2CCC(c3nnc(-c4ccc(C)nc4)o3)C2)c1. The van der Waals surface area contributed by atoms with Crippen LogP contribution in [-0.4, -0.2) is 54.5 Å². The summed E-state index contributed by atoms with van der Waals surface area (Å²) < 4.78 is 46.2. The lowest BCUT2D eigenvalue weighted by molar-refractivity contribution is 0.0785. The topological polar surface area (TPSA) is 118 Å². The molecule has 1 fully saturated rings. The minimum atomic E-state index is -3.80. The summed E-state index contributed by atoms with van der Waals surface area (Å²) in [4.78, 5) is 18.4. The van der Waals surface area contributed by atoms with Crippen LogP contribution >= 0.6 is 0 Å². The molecule has 3 heterocycles. The average molecular weight is 445 g/mol. The summed E-state index contributed by atoms with van der Waals surface area (Å²) in [6.07, 6.45) is 2.21. The predicted molar refractivity (Wildman–Crippen MR) is 108 cm³/mol. The van der Waals surface area contributed by atoms with Crippen LogP contribution in [0.4, 0.5) is 4.39 Å². The van der Waals surface area contributed by atoms with Crippen molar-refractivity contribution in [1.29, 1.82) is 0 Å². The summed E-state index contributed by atoms with van der Waals surface area (Å²) in [6, 6.07) is 6.81. The Morgan fingerprint density at radius 1 is 1.26 bits per heavy atom. The number of likely N-dealkylation sites (tertiary alicyclic amines) is 1. The number of benzene rings is 1. The van der Waals surface area contributed by atoms with E-state index in [-0.39, 0.29) is 22.9 Å². The van der Waals surface area contributed by atoms with E-state index in [9.17, 15) is 17.6 Å². The van der Waals surface area contributed by atoms with E-state index in [2.05, 4.69) is 19.9 Å². The number of halogens is 1. The third kappa shape index (κ3) is 4.19. The number of nitrogens with one attached hydrogen (secondary N) is 1. The van der Waals surface area contributed by atoms with Crippen molar-refractivity contribution in [2.75, 3.05) is 20.1 Å². The number of rotatable bonds is 5. The van der Waals surface area contributed by atoms with Crippen molar-refractivity contribution in [2.45, 2.75) is 24.2 Å². The van der Waals surface area contributed by atoms with Gasteiger partial charge in [-0.1, -0.05) is 0 Å². The number of nitrogens with zero attached hydrogens (tertiary/aromatic N) is 4. The van der Waals surface area contributed by atoms with Crippen molar-refractivity contribution >= 4 is 15.9 Å². The summed E-state index contributed by atoms with van der Waals surface area (Å²) in [7, 11) is -2.55. The summed E-state index contributed by atoms with van der Waals surface area (Å²) in [5, 5.41) is 8.15. The van der Waals surface area contributed by atoms with Gasteiger partial charge in [0, 0.05) is 25.0 Å². The molecule has 1 atom stereocenters. The number of aryl methyl sites for hydroxylation is 1. The Bertz CT molecular complexity index is 1230. The Morgan fingerprint density at radius 3 is 2.77 bits per heavy atom. The number of hydrogen-bond donors (Lipinski definition) is 1. The van der Waals surface area contributed by atoms with Gasteiger partial charge in [0.25, 0.3) is 5.91 Å². The molecule has 9 nitrogen and oxygen atoms in total. The van der Waals surface area contributed by atoms with Crippen LogP contribution in [0.1, 0.15) is 34.3 Å². The largest absolute Gasteiger partial charge is 0.420 e. The van der Waals surface area contributed by atoms with Gasteiger partial charge in [-0.15, -0.1) is 10.2 Å². The third-order valence-corrected chi connectivity index (χ3v) is 6.58. The molecule has 3 aromatic rings. The second kappa shape index (κ2) is 8.16. The maximum atomic E-state index is 14.3. The second-order valence-corrected chi connectivity index (χ2v) is 9.11. The number of carbonyl (C=O) groups is 1. The van der Waals surface area contributed by atoms with Gasteiger partial charge in [-0.3, -0.25) is 9.78 Å². The first-order valence-corrected chi connectivity index (χ1v) is 11.1. The molecule has 162 valence electrons. The maximum Gasteiger partial charge on any atom is 0.256 e. The second-order valence-electron chi connectivity index (χ2n) is 7.22. The zero-order valence-electron chi connectivity index (χ0n) is 16.9. The summed E-state index contributed by atoms with van der Waals surface area (Å²) in [6.45, 7) is 2.49. The van der Waals surface area contributed by atoms with Crippen LogP contribution in [0.5, 0.6) is 0 Å². The first-order valence-electron chi connectivity index (χ1n) is 9.57. The van der Waals surface area contributed by atoms with Crippen LogP contribution in [0, 0.1) is 12.7 Å². The Labute approximate surface area is 178 Å². The van der Waals surface area contributed by atoms with Gasteiger partial charge in [0.05, 0.1) is 21.9 Å². The van der Waals surface area contributed by atoms with Crippen molar-refractivity contribution in [1.82, 2.24) is 24.8 Å². The minimum absolute atomic E-state index is 0.177. The van der Waals surface area contributed by atoms with Gasteiger partial charge in [-0.2, -0.15) is 0 Å². The van der Waals surface area contributed by atoms with Crippen LogP contribution in [0.2, 0.25) is 0 Å². The van der Waals surface area contributed by atoms with Crippen molar-refractivity contribution < 1.29 is 22.0 Å². The van der Waals surface area contributed by atoms with Gasteiger partial charge < -0.3 is 9.32 Å². The number of aromatic nitrogens is 3.